The van der Waals surface area contributed by atoms with Gasteiger partial charge in [0.25, 0.3) is 0 Å². The van der Waals surface area contributed by atoms with Crippen molar-refractivity contribution in [3.05, 3.63) is 11.4 Å². The molecule has 5 nitrogen and oxygen atoms in total. The number of nitrogens with zero attached hydrogens (tertiary/aromatic N) is 3. The first kappa shape index (κ1) is 15.0. The van der Waals surface area contributed by atoms with Crippen LogP contribution < -0.4 is 10.5 Å². The van der Waals surface area contributed by atoms with Crippen molar-refractivity contribution in [1.29, 1.82) is 0 Å². The number of rotatable bonds is 6. The third-order valence-corrected chi connectivity index (χ3v) is 3.75. The van der Waals surface area contributed by atoms with Crippen molar-refractivity contribution in [3.8, 4) is 5.88 Å². The molecule has 1 aliphatic heterocycles. The molecule has 0 unspecified atom stereocenters. The second-order valence-electron chi connectivity index (χ2n) is 5.46. The summed E-state index contributed by atoms with van der Waals surface area (Å²) in [4.78, 5) is 11.2. The Morgan fingerprint density at radius 2 is 1.95 bits per heavy atom. The zero-order valence-electron chi connectivity index (χ0n) is 12.7. The number of anilines is 1. The Kier molecular flexibility index (Phi) is 5.59. The molecule has 2 rings (SSSR count). The lowest BCUT2D eigenvalue weighted by Crippen LogP contribution is -2.33. The summed E-state index contributed by atoms with van der Waals surface area (Å²) >= 11 is 0. The van der Waals surface area contributed by atoms with E-state index in [0.29, 0.717) is 18.3 Å². The molecule has 5 heteroatoms. The van der Waals surface area contributed by atoms with Crippen LogP contribution in [0.2, 0.25) is 0 Å². The number of nitrogen functional groups attached to an aromatic ring is 1. The molecule has 1 aliphatic rings. The van der Waals surface area contributed by atoms with E-state index in [1.54, 1.807) is 0 Å². The van der Waals surface area contributed by atoms with Crippen molar-refractivity contribution in [2.24, 2.45) is 0 Å². The van der Waals surface area contributed by atoms with Gasteiger partial charge >= 0.3 is 0 Å². The molecule has 20 heavy (non-hydrogen) atoms. The fourth-order valence-corrected chi connectivity index (χ4v) is 2.49. The van der Waals surface area contributed by atoms with Gasteiger partial charge in [-0.3, -0.25) is 4.90 Å². The van der Waals surface area contributed by atoms with E-state index < -0.39 is 0 Å². The summed E-state index contributed by atoms with van der Waals surface area (Å²) in [6.07, 6.45) is 5.82. The van der Waals surface area contributed by atoms with E-state index in [1.807, 2.05) is 6.92 Å². The van der Waals surface area contributed by atoms with Gasteiger partial charge in [-0.2, -0.15) is 4.98 Å². The number of nitrogens with two attached hydrogens (primary N) is 1. The molecule has 0 amide bonds. The van der Waals surface area contributed by atoms with Crippen LogP contribution in [0.15, 0.2) is 0 Å². The molecular formula is C15H26N4O. The van der Waals surface area contributed by atoms with Crippen LogP contribution in [-0.2, 0) is 6.42 Å². The molecule has 0 radical (unpaired) electrons. The maximum atomic E-state index is 5.92. The SMILES string of the molecule is CCCc1nc(N)c(C)c(OCCN2CCCCC2)n1. The second-order valence-corrected chi connectivity index (χ2v) is 5.46. The Bertz CT molecular complexity index is 430. The fourth-order valence-electron chi connectivity index (χ4n) is 2.49. The summed E-state index contributed by atoms with van der Waals surface area (Å²) < 4.78 is 5.83. The average molecular weight is 278 g/mol. The van der Waals surface area contributed by atoms with E-state index in [4.69, 9.17) is 10.5 Å². The predicted molar refractivity (Wildman–Crippen MR) is 81.0 cm³/mol. The minimum absolute atomic E-state index is 0.538. The highest BCUT2D eigenvalue weighted by molar-refractivity contribution is 5.44. The van der Waals surface area contributed by atoms with Crippen LogP contribution >= 0.6 is 0 Å². The summed E-state index contributed by atoms with van der Waals surface area (Å²) in [7, 11) is 0. The zero-order valence-corrected chi connectivity index (χ0v) is 12.7. The first-order valence-electron chi connectivity index (χ1n) is 7.69. The smallest absolute Gasteiger partial charge is 0.221 e. The molecule has 1 aromatic rings. The van der Waals surface area contributed by atoms with E-state index in [9.17, 15) is 0 Å². The predicted octanol–water partition coefficient (Wildman–Crippen LogP) is 2.18. The number of hydrogen-bond donors (Lipinski definition) is 1. The summed E-state index contributed by atoms with van der Waals surface area (Å²) in [5.41, 5.74) is 6.78. The van der Waals surface area contributed by atoms with E-state index >= 15 is 0 Å². The number of hydrogen-bond acceptors (Lipinski definition) is 5. The van der Waals surface area contributed by atoms with Crippen LogP contribution in [0.1, 0.15) is 44.0 Å². The maximum Gasteiger partial charge on any atom is 0.221 e. The Morgan fingerprint density at radius 3 is 2.65 bits per heavy atom. The first-order valence-corrected chi connectivity index (χ1v) is 7.69. The van der Waals surface area contributed by atoms with Gasteiger partial charge in [-0.1, -0.05) is 13.3 Å². The van der Waals surface area contributed by atoms with Gasteiger partial charge in [-0.05, 0) is 39.3 Å². The van der Waals surface area contributed by atoms with E-state index in [1.165, 1.54) is 32.4 Å². The number of ether oxygens (including phenoxy) is 1. The van der Waals surface area contributed by atoms with Gasteiger partial charge in [0.15, 0.2) is 0 Å². The topological polar surface area (TPSA) is 64.3 Å². The van der Waals surface area contributed by atoms with Crippen molar-refractivity contribution in [2.45, 2.75) is 46.0 Å². The maximum absolute atomic E-state index is 5.92. The number of aryl methyl sites for hydroxylation is 1. The lowest BCUT2D eigenvalue weighted by Gasteiger charge is -2.26. The molecule has 1 aromatic heterocycles. The monoisotopic (exact) mass is 278 g/mol. The molecule has 0 aliphatic carbocycles. The Labute approximate surface area is 121 Å². The van der Waals surface area contributed by atoms with Crippen molar-refractivity contribution in [1.82, 2.24) is 14.9 Å². The molecule has 0 aromatic carbocycles. The third kappa shape index (κ3) is 4.07. The highest BCUT2D eigenvalue weighted by Crippen LogP contribution is 2.20. The molecule has 2 N–H and O–H groups in total. The van der Waals surface area contributed by atoms with Crippen LogP contribution in [0.4, 0.5) is 5.82 Å². The summed E-state index contributed by atoms with van der Waals surface area (Å²) in [6.45, 7) is 8.04. The highest BCUT2D eigenvalue weighted by Gasteiger charge is 2.12. The number of piperidine rings is 1. The standard InChI is InChI=1S/C15H26N4O/c1-3-7-13-17-14(16)12(2)15(18-13)20-11-10-19-8-5-4-6-9-19/h3-11H2,1-2H3,(H2,16,17,18). The van der Waals surface area contributed by atoms with E-state index in [-0.39, 0.29) is 0 Å². The summed E-state index contributed by atoms with van der Waals surface area (Å²) in [5, 5.41) is 0. The lowest BCUT2D eigenvalue weighted by atomic mass is 10.1. The van der Waals surface area contributed by atoms with E-state index in [0.717, 1.165) is 30.8 Å². The average Bonchev–Trinajstić information content (AvgIpc) is 2.45. The van der Waals surface area contributed by atoms with Gasteiger partial charge in [-0.15, -0.1) is 0 Å². The Hall–Kier alpha value is -1.36. The molecule has 0 bridgehead atoms. The second kappa shape index (κ2) is 7.43. The van der Waals surface area contributed by atoms with Crippen LogP contribution in [0.3, 0.4) is 0 Å². The normalized spacial score (nSPS) is 16.3. The minimum Gasteiger partial charge on any atom is -0.476 e. The molecule has 0 saturated carbocycles. The van der Waals surface area contributed by atoms with Gasteiger partial charge in [0.05, 0.1) is 5.56 Å². The lowest BCUT2D eigenvalue weighted by molar-refractivity contribution is 0.180. The summed E-state index contributed by atoms with van der Waals surface area (Å²) in [6, 6.07) is 0. The Morgan fingerprint density at radius 1 is 1.20 bits per heavy atom. The van der Waals surface area contributed by atoms with Crippen LogP contribution in [0.5, 0.6) is 5.88 Å². The van der Waals surface area contributed by atoms with Gasteiger partial charge in [0.1, 0.15) is 18.2 Å². The molecule has 0 atom stereocenters. The third-order valence-electron chi connectivity index (χ3n) is 3.75. The van der Waals surface area contributed by atoms with Crippen LogP contribution in [-0.4, -0.2) is 41.1 Å². The highest BCUT2D eigenvalue weighted by atomic mass is 16.5. The fraction of sp³-hybridized carbons (Fsp3) is 0.733. The van der Waals surface area contributed by atoms with Crippen molar-refractivity contribution >= 4 is 5.82 Å². The van der Waals surface area contributed by atoms with Crippen molar-refractivity contribution in [3.63, 3.8) is 0 Å². The van der Waals surface area contributed by atoms with Gasteiger partial charge in [0, 0.05) is 13.0 Å². The molecule has 2 heterocycles. The molecule has 0 spiro atoms. The zero-order chi connectivity index (χ0) is 14.4. The van der Waals surface area contributed by atoms with Gasteiger partial charge < -0.3 is 10.5 Å². The molecular weight excluding hydrogens is 252 g/mol. The molecule has 1 saturated heterocycles. The van der Waals surface area contributed by atoms with Crippen molar-refractivity contribution < 1.29 is 4.74 Å². The van der Waals surface area contributed by atoms with Crippen molar-refractivity contribution in [2.75, 3.05) is 32.0 Å². The number of aromatic nitrogens is 2. The van der Waals surface area contributed by atoms with Crippen LogP contribution in [0, 0.1) is 6.92 Å². The van der Waals surface area contributed by atoms with E-state index in [2.05, 4.69) is 21.8 Å². The van der Waals surface area contributed by atoms with Crippen LogP contribution in [0.25, 0.3) is 0 Å². The van der Waals surface area contributed by atoms with Gasteiger partial charge in [-0.25, -0.2) is 4.98 Å². The Balaban J connectivity index is 1.90. The first-order chi connectivity index (χ1) is 9.70. The largest absolute Gasteiger partial charge is 0.476 e. The summed E-state index contributed by atoms with van der Waals surface area (Å²) in [5.74, 6) is 1.97. The molecule has 1 fully saturated rings. The quantitative estimate of drug-likeness (QED) is 0.864. The molecule has 112 valence electrons. The van der Waals surface area contributed by atoms with Gasteiger partial charge in [0.2, 0.25) is 5.88 Å². The number of likely N-dealkylation sites (tertiary alicyclic amines) is 1. The minimum atomic E-state index is 0.538.